The molecule has 2 amide bonds. The monoisotopic (exact) mass is 406 g/mol. The number of anilines is 1. The standard InChI is InChI=1S/C24H26N2O2S/c27-23(25-19-8-4-2-1-3-5-9-19)18-14-12-17(13-15-18)16-22-24(28)26-20-10-6-7-11-21(20)29-22/h6-7,10-16,19H,1-5,8-9H2,(H,25,27)(H,26,28). The molecule has 1 heterocycles. The van der Waals surface area contributed by atoms with Crippen LogP contribution in [0.3, 0.4) is 0 Å². The molecule has 0 saturated heterocycles. The van der Waals surface area contributed by atoms with Gasteiger partial charge in [0.25, 0.3) is 11.8 Å². The van der Waals surface area contributed by atoms with Crippen LogP contribution in [0.2, 0.25) is 0 Å². The number of hydrogen-bond acceptors (Lipinski definition) is 3. The van der Waals surface area contributed by atoms with E-state index >= 15 is 0 Å². The first-order chi connectivity index (χ1) is 14.2. The average molecular weight is 407 g/mol. The summed E-state index contributed by atoms with van der Waals surface area (Å²) in [5.41, 5.74) is 2.42. The number of fused-ring (bicyclic) bond motifs is 1. The topological polar surface area (TPSA) is 58.2 Å². The number of amides is 2. The number of rotatable bonds is 3. The number of benzene rings is 2. The Bertz CT molecular complexity index is 913. The van der Waals surface area contributed by atoms with E-state index in [1.54, 1.807) is 0 Å². The van der Waals surface area contributed by atoms with Crippen molar-refractivity contribution in [1.82, 2.24) is 5.32 Å². The second-order valence-electron chi connectivity index (χ2n) is 7.70. The van der Waals surface area contributed by atoms with Crippen molar-refractivity contribution in [3.8, 4) is 0 Å². The summed E-state index contributed by atoms with van der Waals surface area (Å²) in [7, 11) is 0. The van der Waals surface area contributed by atoms with E-state index in [9.17, 15) is 9.59 Å². The third kappa shape index (κ3) is 5.10. The van der Waals surface area contributed by atoms with Crippen LogP contribution in [0.4, 0.5) is 5.69 Å². The summed E-state index contributed by atoms with van der Waals surface area (Å²) in [6.07, 6.45) is 10.3. The van der Waals surface area contributed by atoms with E-state index in [0.717, 1.165) is 29.0 Å². The largest absolute Gasteiger partial charge is 0.349 e. The van der Waals surface area contributed by atoms with Gasteiger partial charge in [-0.3, -0.25) is 9.59 Å². The van der Waals surface area contributed by atoms with Gasteiger partial charge in [0, 0.05) is 16.5 Å². The van der Waals surface area contributed by atoms with Gasteiger partial charge in [0.1, 0.15) is 0 Å². The minimum Gasteiger partial charge on any atom is -0.349 e. The fraction of sp³-hybridized carbons (Fsp3) is 0.333. The van der Waals surface area contributed by atoms with Gasteiger partial charge in [-0.2, -0.15) is 0 Å². The van der Waals surface area contributed by atoms with Crippen LogP contribution >= 0.6 is 11.8 Å². The predicted octanol–water partition coefficient (Wildman–Crippen LogP) is 5.61. The van der Waals surface area contributed by atoms with Gasteiger partial charge in [0.2, 0.25) is 0 Å². The van der Waals surface area contributed by atoms with Crippen molar-refractivity contribution in [2.24, 2.45) is 0 Å². The molecular formula is C24H26N2O2S. The van der Waals surface area contributed by atoms with Gasteiger partial charge in [-0.1, -0.05) is 68.1 Å². The molecule has 0 atom stereocenters. The van der Waals surface area contributed by atoms with Gasteiger partial charge < -0.3 is 10.6 Å². The van der Waals surface area contributed by atoms with Crippen molar-refractivity contribution in [2.75, 3.05) is 5.32 Å². The molecule has 0 radical (unpaired) electrons. The van der Waals surface area contributed by atoms with Crippen LogP contribution in [0.25, 0.3) is 6.08 Å². The minimum absolute atomic E-state index is 0.00603. The Kier molecular flexibility index (Phi) is 6.35. The molecular weight excluding hydrogens is 380 g/mol. The van der Waals surface area contributed by atoms with E-state index in [-0.39, 0.29) is 17.9 Å². The van der Waals surface area contributed by atoms with Gasteiger partial charge in [-0.15, -0.1) is 0 Å². The van der Waals surface area contributed by atoms with Crippen LogP contribution in [0, 0.1) is 0 Å². The molecule has 1 aliphatic carbocycles. The second kappa shape index (κ2) is 9.31. The molecule has 2 aliphatic rings. The molecule has 1 fully saturated rings. The van der Waals surface area contributed by atoms with Crippen molar-refractivity contribution in [1.29, 1.82) is 0 Å². The van der Waals surface area contributed by atoms with Crippen molar-refractivity contribution < 1.29 is 9.59 Å². The van der Waals surface area contributed by atoms with Crippen LogP contribution in [-0.2, 0) is 4.79 Å². The van der Waals surface area contributed by atoms with Crippen LogP contribution in [0.5, 0.6) is 0 Å². The normalized spacial score (nSPS) is 19.0. The molecule has 0 spiro atoms. The molecule has 2 N–H and O–H groups in total. The SMILES string of the molecule is O=C1Nc2ccccc2SC1=Cc1ccc(C(=O)NC2CCCCCCC2)cc1. The van der Waals surface area contributed by atoms with Gasteiger partial charge in [-0.05, 0) is 48.7 Å². The average Bonchev–Trinajstić information content (AvgIpc) is 2.71. The van der Waals surface area contributed by atoms with Gasteiger partial charge >= 0.3 is 0 Å². The van der Waals surface area contributed by atoms with Crippen LogP contribution in [0.15, 0.2) is 58.3 Å². The fourth-order valence-electron chi connectivity index (χ4n) is 3.85. The second-order valence-corrected chi connectivity index (χ2v) is 8.78. The van der Waals surface area contributed by atoms with E-state index in [2.05, 4.69) is 10.6 Å². The molecule has 2 aromatic carbocycles. The lowest BCUT2D eigenvalue weighted by Crippen LogP contribution is -2.35. The number of thioether (sulfide) groups is 1. The number of carbonyl (C=O) groups is 2. The first-order valence-corrected chi connectivity index (χ1v) is 11.2. The van der Waals surface area contributed by atoms with Gasteiger partial charge in [0.05, 0.1) is 10.6 Å². The quantitative estimate of drug-likeness (QED) is 0.651. The maximum atomic E-state index is 12.6. The molecule has 0 bridgehead atoms. The number of carbonyl (C=O) groups excluding carboxylic acids is 2. The van der Waals surface area contributed by atoms with E-state index in [0.29, 0.717) is 10.5 Å². The summed E-state index contributed by atoms with van der Waals surface area (Å²) in [6, 6.07) is 15.5. The molecule has 29 heavy (non-hydrogen) atoms. The predicted molar refractivity (Wildman–Crippen MR) is 119 cm³/mol. The number of nitrogens with one attached hydrogen (secondary N) is 2. The molecule has 5 heteroatoms. The zero-order chi connectivity index (χ0) is 20.1. The highest BCUT2D eigenvalue weighted by atomic mass is 32.2. The van der Waals surface area contributed by atoms with Gasteiger partial charge in [0.15, 0.2) is 0 Å². The summed E-state index contributed by atoms with van der Waals surface area (Å²) in [4.78, 5) is 26.6. The molecule has 150 valence electrons. The fourth-order valence-corrected chi connectivity index (χ4v) is 4.81. The molecule has 2 aromatic rings. The highest BCUT2D eigenvalue weighted by Crippen LogP contribution is 2.38. The van der Waals surface area contributed by atoms with Gasteiger partial charge in [-0.25, -0.2) is 0 Å². The van der Waals surface area contributed by atoms with Crippen LogP contribution < -0.4 is 10.6 Å². The Balaban J connectivity index is 1.42. The van der Waals surface area contributed by atoms with E-state index in [1.807, 2.05) is 54.6 Å². The molecule has 4 nitrogen and oxygen atoms in total. The zero-order valence-electron chi connectivity index (χ0n) is 16.4. The van der Waals surface area contributed by atoms with Crippen molar-refractivity contribution in [3.63, 3.8) is 0 Å². The van der Waals surface area contributed by atoms with Crippen LogP contribution in [-0.4, -0.2) is 17.9 Å². The lowest BCUT2D eigenvalue weighted by atomic mass is 9.96. The summed E-state index contributed by atoms with van der Waals surface area (Å²) in [5.74, 6) is -0.103. The highest BCUT2D eigenvalue weighted by molar-refractivity contribution is 8.04. The summed E-state index contributed by atoms with van der Waals surface area (Å²) in [6.45, 7) is 0. The summed E-state index contributed by atoms with van der Waals surface area (Å²) in [5, 5.41) is 6.12. The van der Waals surface area contributed by atoms with Crippen molar-refractivity contribution >= 4 is 35.3 Å². The van der Waals surface area contributed by atoms with Crippen molar-refractivity contribution in [3.05, 3.63) is 64.6 Å². The minimum atomic E-state index is -0.0974. The summed E-state index contributed by atoms with van der Waals surface area (Å²) < 4.78 is 0. The molecule has 0 unspecified atom stereocenters. The lowest BCUT2D eigenvalue weighted by Gasteiger charge is -2.21. The third-order valence-electron chi connectivity index (χ3n) is 5.49. The van der Waals surface area contributed by atoms with E-state index in [4.69, 9.17) is 0 Å². The van der Waals surface area contributed by atoms with E-state index in [1.165, 1.54) is 43.9 Å². The summed E-state index contributed by atoms with van der Waals surface area (Å²) >= 11 is 1.47. The maximum absolute atomic E-state index is 12.6. The number of hydrogen-bond donors (Lipinski definition) is 2. The Hall–Kier alpha value is -2.53. The van der Waals surface area contributed by atoms with E-state index < -0.39 is 0 Å². The Morgan fingerprint density at radius 3 is 2.41 bits per heavy atom. The number of para-hydroxylation sites is 1. The molecule has 1 aliphatic heterocycles. The lowest BCUT2D eigenvalue weighted by molar-refractivity contribution is -0.112. The maximum Gasteiger partial charge on any atom is 0.262 e. The third-order valence-corrected chi connectivity index (χ3v) is 6.59. The van der Waals surface area contributed by atoms with Crippen LogP contribution in [0.1, 0.15) is 60.9 Å². The Labute approximate surface area is 176 Å². The smallest absolute Gasteiger partial charge is 0.262 e. The molecule has 1 saturated carbocycles. The first-order valence-electron chi connectivity index (χ1n) is 10.4. The molecule has 4 rings (SSSR count). The van der Waals surface area contributed by atoms with Crippen molar-refractivity contribution in [2.45, 2.75) is 55.9 Å². The Morgan fingerprint density at radius 2 is 1.66 bits per heavy atom. The molecule has 0 aromatic heterocycles. The highest BCUT2D eigenvalue weighted by Gasteiger charge is 2.20. The first kappa shape index (κ1) is 19.8. The Morgan fingerprint density at radius 1 is 0.966 bits per heavy atom. The zero-order valence-corrected chi connectivity index (χ0v) is 17.3.